The van der Waals surface area contributed by atoms with Crippen LogP contribution in [-0.2, 0) is 6.54 Å². The first kappa shape index (κ1) is 21.0. The third-order valence-corrected chi connectivity index (χ3v) is 5.97. The van der Waals surface area contributed by atoms with Gasteiger partial charge in [0.1, 0.15) is 11.3 Å². The van der Waals surface area contributed by atoms with E-state index in [4.69, 9.17) is 9.15 Å². The number of halogens is 2. The van der Waals surface area contributed by atoms with Crippen molar-refractivity contribution in [3.8, 4) is 5.75 Å². The minimum absolute atomic E-state index is 0.00143. The van der Waals surface area contributed by atoms with Crippen molar-refractivity contribution in [3.05, 3.63) is 83.9 Å². The van der Waals surface area contributed by atoms with Gasteiger partial charge in [0.05, 0.1) is 23.5 Å². The number of rotatable bonds is 6. The highest BCUT2D eigenvalue weighted by Crippen LogP contribution is 2.34. The normalized spacial score (nSPS) is 11.2. The lowest BCUT2D eigenvalue weighted by molar-refractivity contribution is 0.0960. The van der Waals surface area contributed by atoms with E-state index in [9.17, 15) is 13.6 Å². The third-order valence-electron chi connectivity index (χ3n) is 4.94. The second-order valence-electron chi connectivity index (χ2n) is 7.16. The molecule has 0 bridgehead atoms. The topological polar surface area (TPSA) is 68.5 Å². The van der Waals surface area contributed by atoms with Gasteiger partial charge in [-0.05, 0) is 37.3 Å². The van der Waals surface area contributed by atoms with Crippen molar-refractivity contribution in [2.24, 2.45) is 0 Å². The van der Waals surface area contributed by atoms with Crippen molar-refractivity contribution in [2.75, 3.05) is 11.5 Å². The van der Waals surface area contributed by atoms with Gasteiger partial charge >= 0.3 is 0 Å². The summed E-state index contributed by atoms with van der Waals surface area (Å²) in [5.41, 5.74) is 1.05. The number of thiazole rings is 1. The molecule has 5 aromatic rings. The fourth-order valence-electron chi connectivity index (χ4n) is 3.48. The maximum absolute atomic E-state index is 14.3. The Morgan fingerprint density at radius 2 is 2.03 bits per heavy atom. The maximum atomic E-state index is 14.3. The van der Waals surface area contributed by atoms with Crippen LogP contribution in [0.1, 0.15) is 23.2 Å². The standard InChI is InChI=1S/C24H17F2N3O3S/c1-2-31-18-8-5-6-14-10-19(32-22(14)18)23(30)29(13-16-7-3-4-9-27-16)24-28-21-17(26)11-15(25)12-20(21)33-24/h3-12H,2,13H2,1H3. The molecule has 0 saturated heterocycles. The lowest BCUT2D eigenvalue weighted by Gasteiger charge is -2.18. The van der Waals surface area contributed by atoms with E-state index in [-0.39, 0.29) is 23.0 Å². The first-order chi connectivity index (χ1) is 16.0. The average molecular weight is 465 g/mol. The summed E-state index contributed by atoms with van der Waals surface area (Å²) in [6.07, 6.45) is 1.61. The number of ether oxygens (including phenoxy) is 1. The molecule has 0 unspecified atom stereocenters. The van der Waals surface area contributed by atoms with Gasteiger partial charge in [-0.1, -0.05) is 29.5 Å². The average Bonchev–Trinajstić information content (AvgIpc) is 3.43. The van der Waals surface area contributed by atoms with Crippen LogP contribution in [0.25, 0.3) is 21.2 Å². The number of furan rings is 1. The van der Waals surface area contributed by atoms with Gasteiger partial charge in [0.2, 0.25) is 0 Å². The molecule has 5 rings (SSSR count). The Labute approximate surface area is 191 Å². The molecule has 3 aromatic heterocycles. The summed E-state index contributed by atoms with van der Waals surface area (Å²) in [7, 11) is 0. The zero-order valence-electron chi connectivity index (χ0n) is 17.4. The van der Waals surface area contributed by atoms with Gasteiger partial charge in [0.15, 0.2) is 28.0 Å². The van der Waals surface area contributed by atoms with Crippen LogP contribution >= 0.6 is 11.3 Å². The van der Waals surface area contributed by atoms with Gasteiger partial charge in [-0.15, -0.1) is 0 Å². The maximum Gasteiger partial charge on any atom is 0.296 e. The highest BCUT2D eigenvalue weighted by molar-refractivity contribution is 7.22. The molecule has 0 fully saturated rings. The van der Waals surface area contributed by atoms with Gasteiger partial charge in [-0.25, -0.2) is 13.8 Å². The number of carbonyl (C=O) groups is 1. The molecule has 0 atom stereocenters. The van der Waals surface area contributed by atoms with Crippen LogP contribution in [0.4, 0.5) is 13.9 Å². The summed E-state index contributed by atoms with van der Waals surface area (Å²) in [4.78, 5) is 23.5. The second kappa shape index (κ2) is 8.59. The predicted octanol–water partition coefficient (Wildman–Crippen LogP) is 5.96. The monoisotopic (exact) mass is 465 g/mol. The van der Waals surface area contributed by atoms with Crippen molar-refractivity contribution < 1.29 is 22.7 Å². The van der Waals surface area contributed by atoms with Gasteiger partial charge in [0, 0.05) is 17.6 Å². The molecule has 1 amide bonds. The van der Waals surface area contributed by atoms with Gasteiger partial charge in [-0.2, -0.15) is 0 Å². The molecule has 166 valence electrons. The zero-order chi connectivity index (χ0) is 22.9. The summed E-state index contributed by atoms with van der Waals surface area (Å²) in [6.45, 7) is 2.37. The van der Waals surface area contributed by atoms with E-state index in [0.717, 1.165) is 17.4 Å². The molecule has 0 aliphatic carbocycles. The molecule has 3 heterocycles. The Morgan fingerprint density at radius 3 is 2.82 bits per heavy atom. The number of pyridine rings is 1. The molecule has 0 saturated carbocycles. The van der Waals surface area contributed by atoms with Crippen molar-refractivity contribution in [3.63, 3.8) is 0 Å². The number of aromatic nitrogens is 2. The quantitative estimate of drug-likeness (QED) is 0.309. The van der Waals surface area contributed by atoms with Gasteiger partial charge in [0.25, 0.3) is 5.91 Å². The zero-order valence-corrected chi connectivity index (χ0v) is 18.2. The SMILES string of the molecule is CCOc1cccc2cc(C(=O)N(Cc3ccccn3)c3nc4c(F)cc(F)cc4s3)oc12. The van der Waals surface area contributed by atoms with Crippen molar-refractivity contribution in [1.82, 2.24) is 9.97 Å². The number of hydrogen-bond donors (Lipinski definition) is 0. The lowest BCUT2D eigenvalue weighted by atomic mass is 10.2. The van der Waals surface area contributed by atoms with E-state index in [2.05, 4.69) is 9.97 Å². The Balaban J connectivity index is 1.60. The van der Waals surface area contributed by atoms with Crippen molar-refractivity contribution >= 4 is 43.6 Å². The largest absolute Gasteiger partial charge is 0.490 e. The smallest absolute Gasteiger partial charge is 0.296 e. The van der Waals surface area contributed by atoms with Crippen LogP contribution in [0.15, 0.2) is 65.2 Å². The summed E-state index contributed by atoms with van der Waals surface area (Å²) in [5.74, 6) is -1.39. The molecule has 0 radical (unpaired) electrons. The number of carbonyl (C=O) groups excluding carboxylic acids is 1. The summed E-state index contributed by atoms with van der Waals surface area (Å²) >= 11 is 1.01. The van der Waals surface area contributed by atoms with Crippen LogP contribution in [-0.4, -0.2) is 22.5 Å². The van der Waals surface area contributed by atoms with Crippen LogP contribution in [0.3, 0.4) is 0 Å². The van der Waals surface area contributed by atoms with E-state index in [1.165, 1.54) is 11.0 Å². The second-order valence-corrected chi connectivity index (χ2v) is 8.17. The Hall–Kier alpha value is -3.85. The molecule has 0 aliphatic heterocycles. The lowest BCUT2D eigenvalue weighted by Crippen LogP contribution is -2.30. The minimum atomic E-state index is -0.789. The number of nitrogens with zero attached hydrogens (tertiary/aromatic N) is 3. The van der Waals surface area contributed by atoms with E-state index < -0.39 is 17.5 Å². The Bertz CT molecular complexity index is 1470. The van der Waals surface area contributed by atoms with Crippen LogP contribution in [0, 0.1) is 11.6 Å². The van der Waals surface area contributed by atoms with Crippen LogP contribution < -0.4 is 9.64 Å². The number of anilines is 1. The molecule has 33 heavy (non-hydrogen) atoms. The fraction of sp³-hybridized carbons (Fsp3) is 0.125. The molecule has 6 nitrogen and oxygen atoms in total. The van der Waals surface area contributed by atoms with Crippen molar-refractivity contribution in [2.45, 2.75) is 13.5 Å². The van der Waals surface area contributed by atoms with Crippen LogP contribution in [0.2, 0.25) is 0 Å². The van der Waals surface area contributed by atoms with Gasteiger partial charge in [-0.3, -0.25) is 14.7 Å². The summed E-state index contributed by atoms with van der Waals surface area (Å²) < 4.78 is 39.8. The number of fused-ring (bicyclic) bond motifs is 2. The van der Waals surface area contributed by atoms with E-state index >= 15 is 0 Å². The minimum Gasteiger partial charge on any atom is -0.490 e. The van der Waals surface area contributed by atoms with Gasteiger partial charge < -0.3 is 9.15 Å². The number of hydrogen-bond acceptors (Lipinski definition) is 6. The predicted molar refractivity (Wildman–Crippen MR) is 122 cm³/mol. The summed E-state index contributed by atoms with van der Waals surface area (Å²) in [5, 5.41) is 0.912. The van der Waals surface area contributed by atoms with Crippen LogP contribution in [0.5, 0.6) is 5.75 Å². The fourth-order valence-corrected chi connectivity index (χ4v) is 4.49. The first-order valence-electron chi connectivity index (χ1n) is 10.2. The molecular weight excluding hydrogens is 448 g/mol. The molecule has 0 spiro atoms. The summed E-state index contributed by atoms with van der Waals surface area (Å²) in [6, 6.07) is 14.3. The van der Waals surface area contributed by atoms with E-state index in [1.807, 2.05) is 19.1 Å². The third kappa shape index (κ3) is 4.03. The number of amides is 1. The van der Waals surface area contributed by atoms with E-state index in [0.29, 0.717) is 33.7 Å². The molecule has 9 heteroatoms. The molecular formula is C24H17F2N3O3S. The molecule has 2 aromatic carbocycles. The molecule has 0 N–H and O–H groups in total. The Morgan fingerprint density at radius 1 is 1.15 bits per heavy atom. The van der Waals surface area contributed by atoms with E-state index in [1.54, 1.807) is 36.5 Å². The first-order valence-corrected chi connectivity index (χ1v) is 11.0. The molecule has 0 aliphatic rings. The highest BCUT2D eigenvalue weighted by atomic mass is 32.1. The van der Waals surface area contributed by atoms with Crippen molar-refractivity contribution in [1.29, 1.82) is 0 Å². The Kier molecular flexibility index (Phi) is 5.47. The highest BCUT2D eigenvalue weighted by Gasteiger charge is 2.26. The number of benzene rings is 2. The number of para-hydroxylation sites is 1.